The van der Waals surface area contributed by atoms with E-state index in [4.69, 9.17) is 14.6 Å². The number of benzene rings is 1. The van der Waals surface area contributed by atoms with E-state index in [-0.39, 0.29) is 18.5 Å². The number of imidazole rings is 1. The van der Waals surface area contributed by atoms with Gasteiger partial charge in [-0.3, -0.25) is 4.79 Å². The van der Waals surface area contributed by atoms with E-state index in [9.17, 15) is 9.59 Å². The van der Waals surface area contributed by atoms with Crippen molar-refractivity contribution in [3.05, 3.63) is 41.7 Å². The van der Waals surface area contributed by atoms with Gasteiger partial charge in [-0.1, -0.05) is 30.3 Å². The van der Waals surface area contributed by atoms with Crippen LogP contribution < -0.4 is 0 Å². The van der Waals surface area contributed by atoms with E-state index in [1.54, 1.807) is 4.90 Å². The van der Waals surface area contributed by atoms with Gasteiger partial charge in [0.15, 0.2) is 5.69 Å². The van der Waals surface area contributed by atoms with Gasteiger partial charge >= 0.3 is 6.16 Å². The monoisotopic (exact) mass is 414 g/mol. The summed E-state index contributed by atoms with van der Waals surface area (Å²) < 4.78 is 12.1. The molecule has 0 unspecified atom stereocenters. The molecule has 0 saturated carbocycles. The SMILES string of the molecule is COC(=O)ON1CCn2c(-c3ccccc3)nc(C(=O)N(C)C3CCOCC3)c2C1. The minimum atomic E-state index is -0.779. The summed E-state index contributed by atoms with van der Waals surface area (Å²) >= 11 is 0. The van der Waals surface area contributed by atoms with Gasteiger partial charge in [0.1, 0.15) is 5.82 Å². The Labute approximate surface area is 175 Å². The number of hydrogen-bond acceptors (Lipinski definition) is 7. The predicted molar refractivity (Wildman–Crippen MR) is 107 cm³/mol. The Morgan fingerprint density at radius 3 is 2.60 bits per heavy atom. The van der Waals surface area contributed by atoms with Crippen molar-refractivity contribution in [2.24, 2.45) is 0 Å². The zero-order valence-electron chi connectivity index (χ0n) is 17.2. The first-order valence-electron chi connectivity index (χ1n) is 10.1. The van der Waals surface area contributed by atoms with Crippen molar-refractivity contribution >= 4 is 12.1 Å². The highest BCUT2D eigenvalue weighted by Crippen LogP contribution is 2.28. The van der Waals surface area contributed by atoms with Crippen LogP contribution in [0, 0.1) is 0 Å². The van der Waals surface area contributed by atoms with Gasteiger partial charge in [-0.25, -0.2) is 9.78 Å². The third kappa shape index (κ3) is 4.03. The van der Waals surface area contributed by atoms with E-state index in [0.29, 0.717) is 32.0 Å². The number of aromatic nitrogens is 2. The summed E-state index contributed by atoms with van der Waals surface area (Å²) in [5.74, 6) is 0.611. The van der Waals surface area contributed by atoms with Crippen LogP contribution in [-0.4, -0.2) is 71.5 Å². The van der Waals surface area contributed by atoms with Gasteiger partial charge in [-0.15, -0.1) is 5.06 Å². The van der Waals surface area contributed by atoms with Crippen LogP contribution in [-0.2, 0) is 27.4 Å². The average Bonchev–Trinajstić information content (AvgIpc) is 3.18. The number of carbonyl (C=O) groups excluding carboxylic acids is 2. The largest absolute Gasteiger partial charge is 0.527 e. The maximum atomic E-state index is 13.4. The van der Waals surface area contributed by atoms with E-state index >= 15 is 0 Å². The van der Waals surface area contributed by atoms with Crippen LogP contribution in [0.1, 0.15) is 29.0 Å². The molecule has 1 amide bonds. The van der Waals surface area contributed by atoms with E-state index in [0.717, 1.165) is 29.9 Å². The summed E-state index contributed by atoms with van der Waals surface area (Å²) in [5, 5.41) is 1.50. The molecule has 1 fully saturated rings. The van der Waals surface area contributed by atoms with Crippen LogP contribution in [0.5, 0.6) is 0 Å². The van der Waals surface area contributed by atoms with Crippen molar-refractivity contribution in [1.29, 1.82) is 0 Å². The molecule has 0 atom stereocenters. The Bertz CT molecular complexity index is 908. The van der Waals surface area contributed by atoms with E-state index < -0.39 is 6.16 Å². The molecule has 0 radical (unpaired) electrons. The summed E-state index contributed by atoms with van der Waals surface area (Å²) in [4.78, 5) is 36.7. The van der Waals surface area contributed by atoms with E-state index in [1.165, 1.54) is 12.2 Å². The van der Waals surface area contributed by atoms with Gasteiger partial charge in [0.05, 0.1) is 25.9 Å². The fourth-order valence-electron chi connectivity index (χ4n) is 3.95. The van der Waals surface area contributed by atoms with Gasteiger partial charge < -0.3 is 23.8 Å². The highest BCUT2D eigenvalue weighted by Gasteiger charge is 2.33. The standard InChI is InChI=1S/C21H26N4O5/c1-23(16-8-12-29-13-9-16)20(26)18-17-14-24(30-21(27)28-2)10-11-25(17)19(22-18)15-6-4-3-5-7-15/h3-7,16H,8-14H2,1-2H3. The van der Waals surface area contributed by atoms with Crippen LogP contribution in [0.25, 0.3) is 11.4 Å². The van der Waals surface area contributed by atoms with Crippen LogP contribution in [0.4, 0.5) is 4.79 Å². The number of nitrogens with zero attached hydrogens (tertiary/aromatic N) is 4. The molecule has 2 aliphatic rings. The molecule has 1 aromatic heterocycles. The number of carbonyl (C=O) groups is 2. The number of amides is 1. The van der Waals surface area contributed by atoms with Crippen molar-refractivity contribution in [2.75, 3.05) is 33.9 Å². The average molecular weight is 414 g/mol. The molecule has 0 aliphatic carbocycles. The number of rotatable bonds is 4. The van der Waals surface area contributed by atoms with Crippen molar-refractivity contribution in [3.63, 3.8) is 0 Å². The molecular formula is C21H26N4O5. The van der Waals surface area contributed by atoms with Gasteiger partial charge in [0.2, 0.25) is 0 Å². The first kappa shape index (κ1) is 20.4. The van der Waals surface area contributed by atoms with Crippen molar-refractivity contribution in [3.8, 4) is 11.4 Å². The van der Waals surface area contributed by atoms with Crippen molar-refractivity contribution in [1.82, 2.24) is 19.5 Å². The van der Waals surface area contributed by atoms with Crippen LogP contribution in [0.15, 0.2) is 30.3 Å². The molecule has 0 bridgehead atoms. The summed E-state index contributed by atoms with van der Waals surface area (Å²) in [6, 6.07) is 9.91. The molecule has 1 saturated heterocycles. The zero-order valence-corrected chi connectivity index (χ0v) is 17.2. The second kappa shape index (κ2) is 8.85. The molecular weight excluding hydrogens is 388 g/mol. The second-order valence-corrected chi connectivity index (χ2v) is 7.42. The highest BCUT2D eigenvalue weighted by atomic mass is 16.8. The summed E-state index contributed by atoms with van der Waals surface area (Å²) in [7, 11) is 3.08. The predicted octanol–water partition coefficient (Wildman–Crippen LogP) is 2.31. The van der Waals surface area contributed by atoms with Crippen molar-refractivity contribution < 1.29 is 23.9 Å². The fraction of sp³-hybridized carbons (Fsp3) is 0.476. The third-order valence-electron chi connectivity index (χ3n) is 5.64. The lowest BCUT2D eigenvalue weighted by Gasteiger charge is -2.31. The molecule has 1 aromatic carbocycles. The van der Waals surface area contributed by atoms with Crippen LogP contribution in [0.2, 0.25) is 0 Å². The third-order valence-corrected chi connectivity index (χ3v) is 5.64. The number of ether oxygens (including phenoxy) is 2. The van der Waals surface area contributed by atoms with Gasteiger partial charge in [-0.05, 0) is 12.8 Å². The summed E-state index contributed by atoms with van der Waals surface area (Å²) in [6.07, 6.45) is 0.835. The minimum absolute atomic E-state index is 0.120. The quantitative estimate of drug-likeness (QED) is 0.710. The van der Waals surface area contributed by atoms with Gasteiger partial charge in [0.25, 0.3) is 5.91 Å². The highest BCUT2D eigenvalue weighted by molar-refractivity contribution is 5.94. The number of methoxy groups -OCH3 is 1. The zero-order chi connectivity index (χ0) is 21.1. The molecule has 3 heterocycles. The minimum Gasteiger partial charge on any atom is -0.436 e. The lowest BCUT2D eigenvalue weighted by Crippen LogP contribution is -2.42. The topological polar surface area (TPSA) is 86.1 Å². The van der Waals surface area contributed by atoms with E-state index in [1.807, 2.05) is 41.9 Å². The molecule has 2 aromatic rings. The molecule has 9 heteroatoms. The smallest absolute Gasteiger partial charge is 0.436 e. The van der Waals surface area contributed by atoms with Crippen molar-refractivity contribution in [2.45, 2.75) is 32.0 Å². The number of fused-ring (bicyclic) bond motifs is 1. The Kier molecular flexibility index (Phi) is 6.01. The van der Waals surface area contributed by atoms with Crippen LogP contribution in [0.3, 0.4) is 0 Å². The van der Waals surface area contributed by atoms with E-state index in [2.05, 4.69) is 4.74 Å². The Hall–Kier alpha value is -2.91. The molecule has 160 valence electrons. The second-order valence-electron chi connectivity index (χ2n) is 7.42. The summed E-state index contributed by atoms with van der Waals surface area (Å²) in [6.45, 7) is 2.58. The van der Waals surface area contributed by atoms with Crippen LogP contribution >= 0.6 is 0 Å². The molecule has 9 nitrogen and oxygen atoms in total. The first-order valence-corrected chi connectivity index (χ1v) is 10.1. The Morgan fingerprint density at radius 2 is 1.90 bits per heavy atom. The fourth-order valence-corrected chi connectivity index (χ4v) is 3.95. The lowest BCUT2D eigenvalue weighted by atomic mass is 10.1. The normalized spacial score (nSPS) is 17.3. The maximum Gasteiger partial charge on any atom is 0.527 e. The first-order chi connectivity index (χ1) is 14.6. The molecule has 30 heavy (non-hydrogen) atoms. The Morgan fingerprint density at radius 1 is 1.17 bits per heavy atom. The molecule has 0 N–H and O–H groups in total. The maximum absolute atomic E-state index is 13.4. The molecule has 2 aliphatic heterocycles. The lowest BCUT2D eigenvalue weighted by molar-refractivity contribution is -0.139. The van der Waals surface area contributed by atoms with Gasteiger partial charge in [-0.2, -0.15) is 0 Å². The van der Waals surface area contributed by atoms with Gasteiger partial charge in [0, 0.05) is 38.4 Å². The number of hydrogen-bond donors (Lipinski definition) is 0. The Balaban J connectivity index is 1.68. The number of hydroxylamine groups is 2. The molecule has 0 spiro atoms. The molecule has 4 rings (SSSR count). The summed E-state index contributed by atoms with van der Waals surface area (Å²) in [5.41, 5.74) is 2.06.